The van der Waals surface area contributed by atoms with Crippen molar-refractivity contribution in [3.63, 3.8) is 0 Å². The molecule has 2 aliphatic heterocycles. The number of rotatable bonds is 5. The van der Waals surface area contributed by atoms with Gasteiger partial charge in [-0.3, -0.25) is 0 Å². The average Bonchev–Trinajstić information content (AvgIpc) is 2.89. The maximum atomic E-state index is 5.83. The summed E-state index contributed by atoms with van der Waals surface area (Å²) in [7, 11) is 0. The van der Waals surface area contributed by atoms with Gasteiger partial charge in [0.2, 0.25) is 0 Å². The summed E-state index contributed by atoms with van der Waals surface area (Å²) < 4.78 is 11.5. The Balaban J connectivity index is 1.74. The fourth-order valence-electron chi connectivity index (χ4n) is 2.77. The molecule has 2 fully saturated rings. The van der Waals surface area contributed by atoms with Gasteiger partial charge in [-0.1, -0.05) is 6.92 Å². The zero-order valence-corrected chi connectivity index (χ0v) is 10.2. The highest BCUT2D eigenvalue weighted by Crippen LogP contribution is 2.25. The molecule has 0 saturated carbocycles. The number of nitrogens with zero attached hydrogens (tertiary/aromatic N) is 1. The standard InChI is InChI=1S/C12H24N2O2/c1-2-14-7-3-4-10(14)8-12-15-9-11(16-12)5-6-13/h10-12H,2-9,13H2,1H3. The molecule has 4 heteroatoms. The molecule has 0 amide bonds. The van der Waals surface area contributed by atoms with Crippen molar-refractivity contribution >= 4 is 0 Å². The second-order valence-corrected chi connectivity index (χ2v) is 4.76. The highest BCUT2D eigenvalue weighted by Gasteiger charge is 2.31. The molecular formula is C12H24N2O2. The van der Waals surface area contributed by atoms with Crippen LogP contribution in [0.5, 0.6) is 0 Å². The van der Waals surface area contributed by atoms with Gasteiger partial charge >= 0.3 is 0 Å². The molecule has 2 N–H and O–H groups in total. The average molecular weight is 228 g/mol. The van der Waals surface area contributed by atoms with Gasteiger partial charge in [-0.15, -0.1) is 0 Å². The lowest BCUT2D eigenvalue weighted by Crippen LogP contribution is -2.32. The second kappa shape index (κ2) is 5.96. The number of hydrogen-bond donors (Lipinski definition) is 1. The van der Waals surface area contributed by atoms with Gasteiger partial charge in [-0.05, 0) is 38.9 Å². The summed E-state index contributed by atoms with van der Waals surface area (Å²) in [5, 5.41) is 0. The molecule has 2 aliphatic rings. The predicted molar refractivity (Wildman–Crippen MR) is 63.2 cm³/mol. The lowest BCUT2D eigenvalue weighted by Gasteiger charge is -2.24. The molecule has 0 aromatic carbocycles. The van der Waals surface area contributed by atoms with Crippen LogP contribution in [0.3, 0.4) is 0 Å². The summed E-state index contributed by atoms with van der Waals surface area (Å²) >= 11 is 0. The van der Waals surface area contributed by atoms with E-state index in [9.17, 15) is 0 Å². The van der Waals surface area contributed by atoms with Gasteiger partial charge in [0, 0.05) is 12.5 Å². The Kier molecular flexibility index (Phi) is 4.58. The van der Waals surface area contributed by atoms with E-state index < -0.39 is 0 Å². The molecule has 0 spiro atoms. The molecule has 0 bridgehead atoms. The van der Waals surface area contributed by atoms with Crippen LogP contribution in [0.15, 0.2) is 0 Å². The molecule has 16 heavy (non-hydrogen) atoms. The van der Waals surface area contributed by atoms with Gasteiger partial charge in [-0.25, -0.2) is 0 Å². The van der Waals surface area contributed by atoms with Crippen LogP contribution < -0.4 is 5.73 Å². The Morgan fingerprint density at radius 2 is 2.31 bits per heavy atom. The minimum absolute atomic E-state index is 0.00806. The first kappa shape index (κ1) is 12.3. The SMILES string of the molecule is CCN1CCCC1CC1OCC(CCN)O1. The first-order chi connectivity index (χ1) is 7.83. The maximum Gasteiger partial charge on any atom is 0.159 e. The lowest BCUT2D eigenvalue weighted by molar-refractivity contribution is -0.0735. The first-order valence-corrected chi connectivity index (χ1v) is 6.54. The smallest absolute Gasteiger partial charge is 0.159 e. The van der Waals surface area contributed by atoms with E-state index in [0.717, 1.165) is 26.0 Å². The monoisotopic (exact) mass is 228 g/mol. The van der Waals surface area contributed by atoms with Crippen molar-refractivity contribution in [3.05, 3.63) is 0 Å². The Bertz CT molecular complexity index is 213. The van der Waals surface area contributed by atoms with Crippen molar-refractivity contribution in [2.75, 3.05) is 26.2 Å². The minimum atomic E-state index is 0.00806. The van der Waals surface area contributed by atoms with Crippen LogP contribution in [0.25, 0.3) is 0 Å². The van der Waals surface area contributed by atoms with Gasteiger partial charge in [0.25, 0.3) is 0 Å². The van der Waals surface area contributed by atoms with Gasteiger partial charge in [0.1, 0.15) is 0 Å². The second-order valence-electron chi connectivity index (χ2n) is 4.76. The van der Waals surface area contributed by atoms with E-state index in [2.05, 4.69) is 11.8 Å². The van der Waals surface area contributed by atoms with E-state index in [1.807, 2.05) is 0 Å². The Morgan fingerprint density at radius 1 is 1.44 bits per heavy atom. The third-order valence-corrected chi connectivity index (χ3v) is 3.67. The minimum Gasteiger partial charge on any atom is -0.350 e. The molecule has 3 atom stereocenters. The summed E-state index contributed by atoms with van der Waals surface area (Å²) in [5.74, 6) is 0. The van der Waals surface area contributed by atoms with E-state index in [0.29, 0.717) is 12.6 Å². The molecule has 0 aromatic rings. The van der Waals surface area contributed by atoms with Crippen LogP contribution in [0.4, 0.5) is 0 Å². The molecule has 3 unspecified atom stereocenters. The van der Waals surface area contributed by atoms with Crippen LogP contribution in [0.1, 0.15) is 32.6 Å². The largest absolute Gasteiger partial charge is 0.350 e. The van der Waals surface area contributed by atoms with Crippen molar-refractivity contribution in [3.8, 4) is 0 Å². The van der Waals surface area contributed by atoms with E-state index >= 15 is 0 Å². The Morgan fingerprint density at radius 3 is 3.06 bits per heavy atom. The molecule has 0 aromatic heterocycles. The maximum absolute atomic E-state index is 5.83. The summed E-state index contributed by atoms with van der Waals surface area (Å²) in [6, 6.07) is 0.659. The normalized spacial score (nSPS) is 36.0. The topological polar surface area (TPSA) is 47.7 Å². The Labute approximate surface area is 98.1 Å². The van der Waals surface area contributed by atoms with E-state index in [1.54, 1.807) is 0 Å². The summed E-state index contributed by atoms with van der Waals surface area (Å²) in [6.45, 7) is 6.02. The summed E-state index contributed by atoms with van der Waals surface area (Å²) in [4.78, 5) is 2.53. The van der Waals surface area contributed by atoms with Crippen molar-refractivity contribution in [2.24, 2.45) is 5.73 Å². The van der Waals surface area contributed by atoms with Crippen molar-refractivity contribution in [2.45, 2.75) is 51.0 Å². The quantitative estimate of drug-likeness (QED) is 0.761. The van der Waals surface area contributed by atoms with Crippen LogP contribution in [0.2, 0.25) is 0 Å². The van der Waals surface area contributed by atoms with Crippen LogP contribution >= 0.6 is 0 Å². The lowest BCUT2D eigenvalue weighted by atomic mass is 10.1. The molecule has 4 nitrogen and oxygen atoms in total. The number of ether oxygens (including phenoxy) is 2. The van der Waals surface area contributed by atoms with Crippen molar-refractivity contribution < 1.29 is 9.47 Å². The van der Waals surface area contributed by atoms with Crippen LogP contribution in [0, 0.1) is 0 Å². The van der Waals surface area contributed by atoms with Crippen molar-refractivity contribution in [1.82, 2.24) is 4.90 Å². The van der Waals surface area contributed by atoms with Crippen LogP contribution in [-0.4, -0.2) is 49.6 Å². The van der Waals surface area contributed by atoms with E-state index in [1.165, 1.54) is 19.4 Å². The molecule has 2 heterocycles. The number of likely N-dealkylation sites (tertiary alicyclic amines) is 1. The van der Waals surface area contributed by atoms with Crippen LogP contribution in [-0.2, 0) is 9.47 Å². The molecule has 0 radical (unpaired) electrons. The van der Waals surface area contributed by atoms with Gasteiger partial charge in [0.05, 0.1) is 12.7 Å². The zero-order chi connectivity index (χ0) is 11.4. The third-order valence-electron chi connectivity index (χ3n) is 3.67. The number of nitrogens with two attached hydrogens (primary N) is 1. The Hall–Kier alpha value is -0.160. The molecule has 0 aliphatic carbocycles. The van der Waals surface area contributed by atoms with E-state index in [4.69, 9.17) is 15.2 Å². The van der Waals surface area contributed by atoms with Gasteiger partial charge in [0.15, 0.2) is 6.29 Å². The fourth-order valence-corrected chi connectivity index (χ4v) is 2.77. The first-order valence-electron chi connectivity index (χ1n) is 6.54. The van der Waals surface area contributed by atoms with E-state index in [-0.39, 0.29) is 12.4 Å². The number of hydrogen-bond acceptors (Lipinski definition) is 4. The highest BCUT2D eigenvalue weighted by molar-refractivity contribution is 4.80. The third kappa shape index (κ3) is 2.94. The summed E-state index contributed by atoms with van der Waals surface area (Å²) in [5.41, 5.74) is 5.52. The molecule has 2 saturated heterocycles. The van der Waals surface area contributed by atoms with Crippen molar-refractivity contribution in [1.29, 1.82) is 0 Å². The molecular weight excluding hydrogens is 204 g/mol. The molecule has 94 valence electrons. The van der Waals surface area contributed by atoms with Gasteiger partial charge < -0.3 is 20.1 Å². The highest BCUT2D eigenvalue weighted by atomic mass is 16.7. The van der Waals surface area contributed by atoms with Gasteiger partial charge in [-0.2, -0.15) is 0 Å². The summed E-state index contributed by atoms with van der Waals surface area (Å²) in [6.07, 6.45) is 4.78. The fraction of sp³-hybridized carbons (Fsp3) is 1.00. The predicted octanol–water partition coefficient (Wildman–Crippen LogP) is 0.951. The molecule has 2 rings (SSSR count). The zero-order valence-electron chi connectivity index (χ0n) is 10.2.